The molecule has 8 heteroatoms. The van der Waals surface area contributed by atoms with Crippen molar-refractivity contribution in [3.05, 3.63) is 15.3 Å². The number of aliphatic hydroxyl groups is 1. The van der Waals surface area contributed by atoms with Gasteiger partial charge in [-0.15, -0.1) is 13.2 Å². The van der Waals surface area contributed by atoms with E-state index in [-0.39, 0.29) is 14.9 Å². The van der Waals surface area contributed by atoms with Gasteiger partial charge in [0.25, 0.3) is 0 Å². The number of ether oxygens (including phenoxy) is 2. The molecule has 0 amide bonds. The zero-order chi connectivity index (χ0) is 12.3. The Kier molecular flexibility index (Phi) is 4.19. The number of pyridine rings is 1. The summed E-state index contributed by atoms with van der Waals surface area (Å²) < 4.78 is 44.5. The molecule has 0 fully saturated rings. The van der Waals surface area contributed by atoms with E-state index in [1.807, 2.05) is 0 Å². The maximum atomic E-state index is 12.0. The first kappa shape index (κ1) is 13.3. The van der Waals surface area contributed by atoms with Crippen molar-refractivity contribution in [1.29, 1.82) is 0 Å². The lowest BCUT2D eigenvalue weighted by atomic mass is 10.2. The number of rotatable bonds is 3. The molecule has 1 heterocycles. The van der Waals surface area contributed by atoms with E-state index in [9.17, 15) is 13.2 Å². The highest BCUT2D eigenvalue weighted by Gasteiger charge is 2.33. The van der Waals surface area contributed by atoms with Gasteiger partial charge in [0.05, 0.1) is 23.5 Å². The van der Waals surface area contributed by atoms with Gasteiger partial charge in [0, 0.05) is 5.56 Å². The Morgan fingerprint density at radius 1 is 1.50 bits per heavy atom. The average molecular weight is 349 g/mol. The lowest BCUT2D eigenvalue weighted by Crippen LogP contribution is -2.19. The van der Waals surface area contributed by atoms with Crippen LogP contribution in [0.5, 0.6) is 11.6 Å². The summed E-state index contributed by atoms with van der Waals surface area (Å²) >= 11 is 1.60. The number of aromatic nitrogens is 1. The van der Waals surface area contributed by atoms with Gasteiger partial charge < -0.3 is 14.6 Å². The van der Waals surface area contributed by atoms with E-state index >= 15 is 0 Å². The molecule has 0 spiro atoms. The number of aliphatic hydroxyl groups excluding tert-OH is 1. The summed E-state index contributed by atoms with van der Waals surface area (Å²) in [7, 11) is 1.33. The lowest BCUT2D eigenvalue weighted by Gasteiger charge is -2.13. The molecule has 0 atom stereocenters. The molecule has 1 rings (SSSR count). The molecule has 0 aliphatic heterocycles. The Hall–Kier alpha value is -0.770. The molecule has 0 saturated heterocycles. The second-order valence-corrected chi connectivity index (χ2v) is 3.71. The van der Waals surface area contributed by atoms with Crippen LogP contribution in [-0.4, -0.2) is 23.6 Å². The minimum atomic E-state index is -4.81. The van der Waals surface area contributed by atoms with Crippen LogP contribution in [0.15, 0.2) is 6.20 Å². The summed E-state index contributed by atoms with van der Waals surface area (Å²) in [5.74, 6) is -0.389. The molecule has 0 aromatic carbocycles. The first-order valence-electron chi connectivity index (χ1n) is 3.97. The molecule has 0 aliphatic carbocycles. The van der Waals surface area contributed by atoms with Crippen LogP contribution in [0.1, 0.15) is 5.56 Å². The largest absolute Gasteiger partial charge is 0.574 e. The maximum Gasteiger partial charge on any atom is 0.574 e. The summed E-state index contributed by atoms with van der Waals surface area (Å²) in [6, 6.07) is 0. The SMILES string of the molecule is COc1cnc(OC(F)(F)F)c(I)c1CO. The van der Waals surface area contributed by atoms with Gasteiger partial charge in [-0.2, -0.15) is 0 Å². The van der Waals surface area contributed by atoms with E-state index in [2.05, 4.69) is 9.72 Å². The highest BCUT2D eigenvalue weighted by Crippen LogP contribution is 2.32. The van der Waals surface area contributed by atoms with Gasteiger partial charge in [-0.3, -0.25) is 0 Å². The summed E-state index contributed by atoms with van der Waals surface area (Å²) in [5, 5.41) is 9.00. The second kappa shape index (κ2) is 5.04. The zero-order valence-electron chi connectivity index (χ0n) is 8.01. The van der Waals surface area contributed by atoms with Gasteiger partial charge in [0.2, 0.25) is 5.88 Å². The molecular weight excluding hydrogens is 342 g/mol. The monoisotopic (exact) mass is 349 g/mol. The van der Waals surface area contributed by atoms with Crippen molar-refractivity contribution in [3.8, 4) is 11.6 Å². The number of nitrogens with zero attached hydrogens (tertiary/aromatic N) is 1. The number of hydrogen-bond donors (Lipinski definition) is 1. The third-order valence-corrected chi connectivity index (χ3v) is 2.75. The van der Waals surface area contributed by atoms with Crippen LogP contribution >= 0.6 is 22.6 Å². The Morgan fingerprint density at radius 2 is 2.12 bits per heavy atom. The predicted molar refractivity (Wildman–Crippen MR) is 56.1 cm³/mol. The summed E-state index contributed by atoms with van der Waals surface area (Å²) in [6.45, 7) is -0.460. The van der Waals surface area contributed by atoms with E-state index in [1.54, 1.807) is 22.6 Å². The van der Waals surface area contributed by atoms with Crippen LogP contribution in [-0.2, 0) is 6.61 Å². The molecule has 0 saturated carbocycles. The van der Waals surface area contributed by atoms with Gasteiger partial charge in [-0.25, -0.2) is 4.98 Å². The molecule has 1 aromatic heterocycles. The van der Waals surface area contributed by atoms with Gasteiger partial charge in [-0.05, 0) is 22.6 Å². The molecule has 90 valence electrons. The maximum absolute atomic E-state index is 12.0. The zero-order valence-corrected chi connectivity index (χ0v) is 10.2. The van der Waals surface area contributed by atoms with Crippen LogP contribution in [0.25, 0.3) is 0 Å². The fraction of sp³-hybridized carbons (Fsp3) is 0.375. The molecule has 0 bridgehead atoms. The Labute approximate surface area is 103 Å². The molecule has 1 aromatic rings. The highest BCUT2D eigenvalue weighted by molar-refractivity contribution is 14.1. The number of methoxy groups -OCH3 is 1. The number of alkyl halides is 3. The van der Waals surface area contributed by atoms with Crippen molar-refractivity contribution in [2.75, 3.05) is 7.11 Å². The first-order chi connectivity index (χ1) is 7.39. The van der Waals surface area contributed by atoms with Gasteiger partial charge >= 0.3 is 6.36 Å². The highest BCUT2D eigenvalue weighted by atomic mass is 127. The van der Waals surface area contributed by atoms with E-state index < -0.39 is 18.8 Å². The topological polar surface area (TPSA) is 51.6 Å². The first-order valence-corrected chi connectivity index (χ1v) is 5.05. The van der Waals surface area contributed by atoms with Crippen LogP contribution in [0.2, 0.25) is 0 Å². The fourth-order valence-electron chi connectivity index (χ4n) is 0.993. The standard InChI is InChI=1S/C8H7F3INO3/c1-15-5-2-13-7(16-8(9,10)11)6(12)4(5)3-14/h2,14H,3H2,1H3. The van der Waals surface area contributed by atoms with E-state index in [4.69, 9.17) is 9.84 Å². The van der Waals surface area contributed by atoms with Crippen LogP contribution in [0, 0.1) is 3.57 Å². The molecule has 0 radical (unpaired) electrons. The third-order valence-electron chi connectivity index (χ3n) is 1.64. The van der Waals surface area contributed by atoms with Crippen molar-refractivity contribution in [3.63, 3.8) is 0 Å². The molecule has 4 nitrogen and oxygen atoms in total. The number of halogens is 4. The Bertz CT molecular complexity index is 384. The van der Waals surface area contributed by atoms with Crippen molar-refractivity contribution in [2.24, 2.45) is 0 Å². The van der Waals surface area contributed by atoms with Crippen molar-refractivity contribution < 1.29 is 27.8 Å². The summed E-state index contributed by atoms with van der Waals surface area (Å²) in [6.07, 6.45) is -3.75. The van der Waals surface area contributed by atoms with Gasteiger partial charge in [0.15, 0.2) is 0 Å². The molecule has 0 unspecified atom stereocenters. The predicted octanol–water partition coefficient (Wildman–Crippen LogP) is 2.09. The van der Waals surface area contributed by atoms with E-state index in [0.717, 1.165) is 6.20 Å². The van der Waals surface area contributed by atoms with E-state index in [1.165, 1.54) is 7.11 Å². The minimum absolute atomic E-state index is 0.0665. The van der Waals surface area contributed by atoms with Gasteiger partial charge in [-0.1, -0.05) is 0 Å². The van der Waals surface area contributed by atoms with Crippen LogP contribution in [0.3, 0.4) is 0 Å². The van der Waals surface area contributed by atoms with Crippen LogP contribution in [0.4, 0.5) is 13.2 Å². The Morgan fingerprint density at radius 3 is 2.56 bits per heavy atom. The summed E-state index contributed by atoms with van der Waals surface area (Å²) in [4.78, 5) is 3.46. The lowest BCUT2D eigenvalue weighted by molar-refractivity contribution is -0.276. The van der Waals surface area contributed by atoms with Crippen LogP contribution < -0.4 is 9.47 Å². The summed E-state index contributed by atoms with van der Waals surface area (Å²) in [5.41, 5.74) is 0.206. The smallest absolute Gasteiger partial charge is 0.495 e. The number of hydrogen-bond acceptors (Lipinski definition) is 4. The Balaban J connectivity index is 3.14. The average Bonchev–Trinajstić information content (AvgIpc) is 2.19. The molecule has 16 heavy (non-hydrogen) atoms. The quantitative estimate of drug-likeness (QED) is 0.850. The van der Waals surface area contributed by atoms with Crippen molar-refractivity contribution >= 4 is 22.6 Å². The molecule has 0 aliphatic rings. The van der Waals surface area contributed by atoms with Crippen molar-refractivity contribution in [1.82, 2.24) is 4.98 Å². The fourth-order valence-corrected chi connectivity index (χ4v) is 1.68. The minimum Gasteiger partial charge on any atom is -0.495 e. The van der Waals surface area contributed by atoms with Gasteiger partial charge in [0.1, 0.15) is 5.75 Å². The molecule has 1 N–H and O–H groups in total. The third kappa shape index (κ3) is 3.11. The normalized spacial score (nSPS) is 11.4. The van der Waals surface area contributed by atoms with E-state index in [0.29, 0.717) is 0 Å². The second-order valence-electron chi connectivity index (χ2n) is 2.63. The van der Waals surface area contributed by atoms with Crippen molar-refractivity contribution in [2.45, 2.75) is 13.0 Å². The molecular formula is C8H7F3INO3.